The number of sulfone groups is 1. The van der Waals surface area contributed by atoms with Crippen LogP contribution in [0.1, 0.15) is 16.3 Å². The summed E-state index contributed by atoms with van der Waals surface area (Å²) < 4.78 is 32.3. The monoisotopic (exact) mass is 378 g/mol. The molecule has 0 N–H and O–H groups in total. The van der Waals surface area contributed by atoms with E-state index >= 15 is 0 Å². The van der Waals surface area contributed by atoms with Gasteiger partial charge in [0.15, 0.2) is 15.6 Å². The lowest BCUT2D eigenvalue weighted by Crippen LogP contribution is -2.38. The maximum absolute atomic E-state index is 12.8. The van der Waals surface area contributed by atoms with Gasteiger partial charge in [0.1, 0.15) is 5.76 Å². The van der Waals surface area contributed by atoms with Gasteiger partial charge in [-0.3, -0.25) is 9.48 Å². The Hall–Kier alpha value is -2.13. The Bertz CT molecular complexity index is 903. The summed E-state index contributed by atoms with van der Waals surface area (Å²) in [6.07, 6.45) is 3.50. The number of fused-ring (bicyclic) bond motifs is 1. The zero-order chi connectivity index (χ0) is 18.5. The molecule has 0 aromatic carbocycles. The van der Waals surface area contributed by atoms with E-state index in [1.54, 1.807) is 27.9 Å². The van der Waals surface area contributed by atoms with Crippen LogP contribution in [0.15, 0.2) is 35.0 Å². The quantitative estimate of drug-likeness (QED) is 0.762. The third-order valence-electron chi connectivity index (χ3n) is 5.37. The van der Waals surface area contributed by atoms with Gasteiger partial charge in [0, 0.05) is 37.4 Å². The molecule has 26 heavy (non-hydrogen) atoms. The van der Waals surface area contributed by atoms with Crippen molar-refractivity contribution >= 4 is 15.7 Å². The average molecular weight is 378 g/mol. The molecule has 2 aliphatic heterocycles. The number of amides is 1. The van der Waals surface area contributed by atoms with Crippen LogP contribution in [0, 0.1) is 5.92 Å². The van der Waals surface area contributed by atoms with E-state index in [0.717, 1.165) is 0 Å². The molecule has 0 spiro atoms. The van der Waals surface area contributed by atoms with Crippen LogP contribution >= 0.6 is 0 Å². The first-order chi connectivity index (χ1) is 12.3. The molecular weight excluding hydrogens is 356 g/mol. The number of furan rings is 1. The van der Waals surface area contributed by atoms with Crippen molar-refractivity contribution in [2.45, 2.75) is 17.8 Å². The van der Waals surface area contributed by atoms with Gasteiger partial charge in [-0.15, -0.1) is 0 Å². The SMILES string of the molecule is CN(C)C1CS(=O)(=O)C2CN(C(=O)c3ccc(Cn4cccn4)o3)CC12. The number of hydrogen-bond donors (Lipinski definition) is 0. The normalized spacial score (nSPS) is 27.2. The van der Waals surface area contributed by atoms with Gasteiger partial charge in [-0.05, 0) is 32.3 Å². The summed E-state index contributed by atoms with van der Waals surface area (Å²) in [6, 6.07) is 5.17. The van der Waals surface area contributed by atoms with Crippen LogP contribution in [-0.2, 0) is 16.4 Å². The van der Waals surface area contributed by atoms with Crippen molar-refractivity contribution < 1.29 is 17.6 Å². The van der Waals surface area contributed by atoms with Crippen LogP contribution in [0.5, 0.6) is 0 Å². The molecule has 0 radical (unpaired) electrons. The predicted octanol–water partition coefficient (Wildman–Crippen LogP) is 0.324. The minimum Gasteiger partial charge on any atom is -0.454 e. The number of aromatic nitrogens is 2. The third-order valence-corrected chi connectivity index (χ3v) is 7.59. The predicted molar refractivity (Wildman–Crippen MR) is 94.5 cm³/mol. The summed E-state index contributed by atoms with van der Waals surface area (Å²) in [7, 11) is 0.607. The molecule has 9 heteroatoms. The molecule has 2 aromatic rings. The molecule has 2 aromatic heterocycles. The van der Waals surface area contributed by atoms with Crippen LogP contribution in [0.2, 0.25) is 0 Å². The van der Waals surface area contributed by atoms with E-state index in [-0.39, 0.29) is 35.9 Å². The van der Waals surface area contributed by atoms with Crippen molar-refractivity contribution in [1.29, 1.82) is 0 Å². The first-order valence-corrected chi connectivity index (χ1v) is 10.3. The van der Waals surface area contributed by atoms with Gasteiger partial charge in [-0.1, -0.05) is 0 Å². The summed E-state index contributed by atoms with van der Waals surface area (Å²) in [4.78, 5) is 16.3. The first-order valence-electron chi connectivity index (χ1n) is 8.58. The van der Waals surface area contributed by atoms with Gasteiger partial charge in [-0.2, -0.15) is 5.10 Å². The minimum absolute atomic E-state index is 0.0440. The largest absolute Gasteiger partial charge is 0.454 e. The zero-order valence-corrected chi connectivity index (χ0v) is 15.6. The summed E-state index contributed by atoms with van der Waals surface area (Å²) in [5, 5.41) is 3.64. The van der Waals surface area contributed by atoms with E-state index < -0.39 is 15.1 Å². The van der Waals surface area contributed by atoms with Crippen LogP contribution < -0.4 is 0 Å². The molecule has 3 atom stereocenters. The van der Waals surface area contributed by atoms with Gasteiger partial charge >= 0.3 is 0 Å². The highest BCUT2D eigenvalue weighted by Crippen LogP contribution is 2.36. The summed E-state index contributed by atoms with van der Waals surface area (Å²) >= 11 is 0. The lowest BCUT2D eigenvalue weighted by atomic mass is 10.00. The Labute approximate surface area is 152 Å². The average Bonchev–Trinajstić information content (AvgIpc) is 3.34. The molecule has 3 unspecified atom stereocenters. The van der Waals surface area contributed by atoms with E-state index in [2.05, 4.69) is 5.10 Å². The molecule has 0 aliphatic carbocycles. The maximum atomic E-state index is 12.8. The van der Waals surface area contributed by atoms with Crippen LogP contribution in [0.4, 0.5) is 0 Å². The molecule has 2 fully saturated rings. The smallest absolute Gasteiger partial charge is 0.289 e. The topological polar surface area (TPSA) is 88.7 Å². The molecule has 1 amide bonds. The molecule has 2 aliphatic rings. The van der Waals surface area contributed by atoms with E-state index in [1.165, 1.54) is 0 Å². The first kappa shape index (κ1) is 17.3. The van der Waals surface area contributed by atoms with Crippen LogP contribution in [0.3, 0.4) is 0 Å². The second kappa shape index (κ2) is 6.24. The Morgan fingerprint density at radius 1 is 1.35 bits per heavy atom. The van der Waals surface area contributed by atoms with Gasteiger partial charge in [-0.25, -0.2) is 8.42 Å². The van der Waals surface area contributed by atoms with E-state index in [4.69, 9.17) is 4.42 Å². The standard InChI is InChI=1S/C17H22N4O4S/c1-19(2)14-11-26(23,24)16-10-20(9-13(14)16)17(22)15-5-4-12(25-15)8-21-7-3-6-18-21/h3-7,13-14,16H,8-11H2,1-2H3. The third kappa shape index (κ3) is 2.95. The summed E-state index contributed by atoms with van der Waals surface area (Å²) in [5.41, 5.74) is 0. The highest BCUT2D eigenvalue weighted by molar-refractivity contribution is 7.92. The number of carbonyl (C=O) groups excluding carboxylic acids is 1. The van der Waals surface area contributed by atoms with Crippen molar-refractivity contribution in [1.82, 2.24) is 19.6 Å². The zero-order valence-electron chi connectivity index (χ0n) is 14.8. The highest BCUT2D eigenvalue weighted by Gasteiger charge is 2.53. The van der Waals surface area contributed by atoms with E-state index in [0.29, 0.717) is 18.8 Å². The Balaban J connectivity index is 1.49. The van der Waals surface area contributed by atoms with Crippen LogP contribution in [0.25, 0.3) is 0 Å². The highest BCUT2D eigenvalue weighted by atomic mass is 32.2. The number of rotatable bonds is 4. The number of nitrogens with zero attached hydrogens (tertiary/aromatic N) is 4. The molecule has 0 saturated carbocycles. The number of likely N-dealkylation sites (tertiary alicyclic amines) is 1. The molecule has 2 saturated heterocycles. The Kier molecular flexibility index (Phi) is 4.15. The van der Waals surface area contributed by atoms with Crippen molar-refractivity contribution in [2.75, 3.05) is 32.9 Å². The number of carbonyl (C=O) groups is 1. The molecule has 4 rings (SSSR count). The summed E-state index contributed by atoms with van der Waals surface area (Å²) in [5.74, 6) is 0.754. The van der Waals surface area contributed by atoms with E-state index in [1.807, 2.05) is 31.3 Å². The molecular formula is C17H22N4O4S. The minimum atomic E-state index is -3.17. The Morgan fingerprint density at radius 3 is 2.85 bits per heavy atom. The van der Waals surface area contributed by atoms with Crippen molar-refractivity contribution in [3.8, 4) is 0 Å². The van der Waals surface area contributed by atoms with Gasteiger partial charge in [0.25, 0.3) is 5.91 Å². The second-order valence-corrected chi connectivity index (χ2v) is 9.51. The van der Waals surface area contributed by atoms with Gasteiger partial charge in [0.2, 0.25) is 0 Å². The Morgan fingerprint density at radius 2 is 2.15 bits per heavy atom. The van der Waals surface area contributed by atoms with Gasteiger partial charge < -0.3 is 14.2 Å². The fraction of sp³-hybridized carbons (Fsp3) is 0.529. The maximum Gasteiger partial charge on any atom is 0.289 e. The van der Waals surface area contributed by atoms with Gasteiger partial charge in [0.05, 0.1) is 17.5 Å². The van der Waals surface area contributed by atoms with Crippen molar-refractivity contribution in [3.05, 3.63) is 42.1 Å². The van der Waals surface area contributed by atoms with Crippen molar-refractivity contribution in [3.63, 3.8) is 0 Å². The molecule has 140 valence electrons. The van der Waals surface area contributed by atoms with Crippen LogP contribution in [-0.4, -0.2) is 78.1 Å². The molecule has 4 heterocycles. The lowest BCUT2D eigenvalue weighted by molar-refractivity contribution is 0.0746. The lowest BCUT2D eigenvalue weighted by Gasteiger charge is -2.24. The van der Waals surface area contributed by atoms with Crippen molar-refractivity contribution in [2.24, 2.45) is 5.92 Å². The second-order valence-electron chi connectivity index (χ2n) is 7.24. The molecule has 0 bridgehead atoms. The summed E-state index contributed by atoms with van der Waals surface area (Å²) in [6.45, 7) is 1.13. The number of hydrogen-bond acceptors (Lipinski definition) is 6. The molecule has 8 nitrogen and oxygen atoms in total. The fourth-order valence-corrected chi connectivity index (χ4v) is 6.49. The van der Waals surface area contributed by atoms with E-state index in [9.17, 15) is 13.2 Å². The fourth-order valence-electron chi connectivity index (χ4n) is 4.02.